The van der Waals surface area contributed by atoms with Crippen LogP contribution in [-0.2, 0) is 23.8 Å². The lowest BCUT2D eigenvalue weighted by Gasteiger charge is -2.37. The summed E-state index contributed by atoms with van der Waals surface area (Å²) in [6.07, 6.45) is 1.56. The number of rotatable bonds is 14. The highest BCUT2D eigenvalue weighted by Gasteiger charge is 2.38. The summed E-state index contributed by atoms with van der Waals surface area (Å²) in [5.41, 5.74) is 6.28. The summed E-state index contributed by atoms with van der Waals surface area (Å²) in [6.45, 7) is 16.4. The first-order chi connectivity index (χ1) is 22.4. The number of hydrogen-bond donors (Lipinski definition) is 0. The Morgan fingerprint density at radius 1 is 1.08 bits per heavy atom. The summed E-state index contributed by atoms with van der Waals surface area (Å²) in [5, 5.41) is 0.0344. The second kappa shape index (κ2) is 15.5. The van der Waals surface area contributed by atoms with E-state index in [-0.39, 0.29) is 29.1 Å². The summed E-state index contributed by atoms with van der Waals surface area (Å²) < 4.78 is 54.3. The molecule has 0 spiro atoms. The highest BCUT2D eigenvalue weighted by atomic mass is 127. The predicted octanol–water partition coefficient (Wildman–Crippen LogP) is 8.57. The molecule has 0 N–H and O–H groups in total. The molecular weight excluding hydrogens is 759 g/mol. The molecule has 0 bridgehead atoms. The van der Waals surface area contributed by atoms with Gasteiger partial charge in [0.1, 0.15) is 33.2 Å². The van der Waals surface area contributed by atoms with Crippen molar-refractivity contribution in [1.29, 1.82) is 0 Å². The monoisotopic (exact) mass is 808 g/mol. The first-order valence-corrected chi connectivity index (χ1v) is 22.3. The molecule has 4 rings (SSSR count). The standard InChI is InChI=1S/C37H49IO8SSi/c1-24-16-29(43-14-11-15-47(7,40)41)17-25(2)36(24)27-13-10-12-26(18-27)34(23-45-48(8,9)37(3,4)5)46-33-21-32-30(20-31(33)38)28(22-44-32)19-35(39)42-6/h10,12-13,16-18,20-21,28,34H,11,14-15,19,22-23H2,1-9H3/t28-,34+/m1/s1. The van der Waals surface area contributed by atoms with Crippen LogP contribution in [0.4, 0.5) is 0 Å². The quantitative estimate of drug-likeness (QED) is 0.0692. The molecule has 0 amide bonds. The van der Waals surface area contributed by atoms with Crippen molar-refractivity contribution in [2.75, 3.05) is 38.9 Å². The molecule has 1 aliphatic rings. The number of esters is 1. The van der Waals surface area contributed by atoms with Crippen molar-refractivity contribution in [1.82, 2.24) is 0 Å². The van der Waals surface area contributed by atoms with Crippen molar-refractivity contribution in [2.45, 2.75) is 77.6 Å². The zero-order chi connectivity index (χ0) is 35.4. The maximum Gasteiger partial charge on any atom is 0.306 e. The van der Waals surface area contributed by atoms with E-state index in [4.69, 9.17) is 23.4 Å². The molecule has 1 heterocycles. The van der Waals surface area contributed by atoms with E-state index in [1.165, 1.54) is 13.4 Å². The normalized spacial score (nSPS) is 15.4. The summed E-state index contributed by atoms with van der Waals surface area (Å²) in [7, 11) is -3.72. The maximum atomic E-state index is 12.0. The van der Waals surface area contributed by atoms with Crippen LogP contribution in [0.2, 0.25) is 18.1 Å². The Morgan fingerprint density at radius 2 is 1.77 bits per heavy atom. The van der Waals surface area contributed by atoms with Gasteiger partial charge in [-0.15, -0.1) is 0 Å². The maximum absolute atomic E-state index is 12.0. The minimum Gasteiger partial charge on any atom is -0.494 e. The van der Waals surface area contributed by atoms with Gasteiger partial charge in [-0.3, -0.25) is 4.79 Å². The Bertz CT molecular complexity index is 1710. The van der Waals surface area contributed by atoms with Gasteiger partial charge in [-0.25, -0.2) is 8.42 Å². The van der Waals surface area contributed by atoms with E-state index in [1.54, 1.807) is 0 Å². The van der Waals surface area contributed by atoms with E-state index in [0.717, 1.165) is 48.4 Å². The molecule has 0 saturated carbocycles. The van der Waals surface area contributed by atoms with Gasteiger partial charge in [0.25, 0.3) is 0 Å². The first-order valence-electron chi connectivity index (χ1n) is 16.2. The van der Waals surface area contributed by atoms with Crippen LogP contribution >= 0.6 is 22.6 Å². The van der Waals surface area contributed by atoms with Crippen LogP contribution in [0.5, 0.6) is 17.2 Å². The van der Waals surface area contributed by atoms with Gasteiger partial charge in [0.05, 0.1) is 42.7 Å². The minimum atomic E-state index is -3.02. The number of halogens is 1. The Balaban J connectivity index is 1.64. The van der Waals surface area contributed by atoms with Crippen LogP contribution in [0.25, 0.3) is 11.1 Å². The van der Waals surface area contributed by atoms with Crippen LogP contribution in [0.3, 0.4) is 0 Å². The van der Waals surface area contributed by atoms with E-state index < -0.39 is 24.3 Å². The van der Waals surface area contributed by atoms with Gasteiger partial charge in [-0.05, 0) is 113 Å². The number of sulfone groups is 1. The number of carbonyl (C=O) groups is 1. The summed E-state index contributed by atoms with van der Waals surface area (Å²) in [6, 6.07) is 16.4. The molecule has 0 aliphatic carbocycles. The van der Waals surface area contributed by atoms with E-state index in [1.807, 2.05) is 24.3 Å². The fourth-order valence-electron chi connectivity index (χ4n) is 5.54. The first kappa shape index (κ1) is 38.2. The largest absolute Gasteiger partial charge is 0.494 e. The molecule has 8 nitrogen and oxygen atoms in total. The lowest BCUT2D eigenvalue weighted by atomic mass is 9.93. The number of fused-ring (bicyclic) bond motifs is 1. The third-order valence-corrected chi connectivity index (χ3v) is 15.6. The van der Waals surface area contributed by atoms with Crippen LogP contribution in [0, 0.1) is 17.4 Å². The van der Waals surface area contributed by atoms with Crippen molar-refractivity contribution in [3.63, 3.8) is 0 Å². The fraction of sp³-hybridized carbons (Fsp3) is 0.486. The van der Waals surface area contributed by atoms with Crippen LogP contribution in [0.1, 0.15) is 67.9 Å². The van der Waals surface area contributed by atoms with Gasteiger partial charge in [0.2, 0.25) is 0 Å². The molecule has 1 aliphatic heterocycles. The van der Waals surface area contributed by atoms with Gasteiger partial charge >= 0.3 is 5.97 Å². The Hall–Kier alpha value is -2.61. The van der Waals surface area contributed by atoms with Crippen molar-refractivity contribution in [2.24, 2.45) is 0 Å². The summed E-state index contributed by atoms with van der Waals surface area (Å²) in [5.74, 6) is 1.94. The smallest absolute Gasteiger partial charge is 0.306 e. The van der Waals surface area contributed by atoms with E-state index in [9.17, 15) is 13.2 Å². The predicted molar refractivity (Wildman–Crippen MR) is 202 cm³/mol. The van der Waals surface area contributed by atoms with Crippen LogP contribution in [0.15, 0.2) is 48.5 Å². The molecular formula is C37H49IO8SSi. The number of hydrogen-bond acceptors (Lipinski definition) is 8. The van der Waals surface area contributed by atoms with Crippen molar-refractivity contribution >= 4 is 46.7 Å². The zero-order valence-corrected chi connectivity index (χ0v) is 33.5. The number of methoxy groups -OCH3 is 1. The van der Waals surface area contributed by atoms with Crippen molar-refractivity contribution in [3.8, 4) is 28.4 Å². The topological polar surface area (TPSA) is 97.4 Å². The van der Waals surface area contributed by atoms with Gasteiger partial charge < -0.3 is 23.4 Å². The van der Waals surface area contributed by atoms with Crippen molar-refractivity contribution in [3.05, 3.63) is 74.4 Å². The second-order valence-corrected chi connectivity index (χ2v) is 22.4. The number of benzene rings is 3. The molecule has 0 radical (unpaired) electrons. The fourth-order valence-corrected chi connectivity index (χ4v) is 7.80. The zero-order valence-electron chi connectivity index (χ0n) is 29.6. The van der Waals surface area contributed by atoms with Crippen LogP contribution < -0.4 is 14.2 Å². The molecule has 0 fully saturated rings. The Morgan fingerprint density at radius 3 is 2.40 bits per heavy atom. The molecule has 262 valence electrons. The van der Waals surface area contributed by atoms with Gasteiger partial charge in [-0.1, -0.05) is 39.0 Å². The minimum absolute atomic E-state index is 0.0344. The molecule has 0 saturated heterocycles. The Kier molecular flexibility index (Phi) is 12.3. The van der Waals surface area contributed by atoms with Crippen LogP contribution in [-0.4, -0.2) is 61.6 Å². The molecule has 0 unspecified atom stereocenters. The van der Waals surface area contributed by atoms with E-state index >= 15 is 0 Å². The number of carbonyl (C=O) groups excluding carboxylic acids is 1. The van der Waals surface area contributed by atoms with E-state index in [2.05, 4.69) is 94.6 Å². The second-order valence-electron chi connectivity index (χ2n) is 14.2. The number of aryl methyl sites for hydroxylation is 2. The average molecular weight is 809 g/mol. The lowest BCUT2D eigenvalue weighted by Crippen LogP contribution is -2.42. The Labute approximate surface area is 301 Å². The molecule has 48 heavy (non-hydrogen) atoms. The lowest BCUT2D eigenvalue weighted by molar-refractivity contribution is -0.141. The SMILES string of the molecule is COC(=O)C[C@@H]1COc2cc(O[C@@H](CO[Si](C)(C)C(C)(C)C)c3cccc(-c4c(C)cc(OCCCS(C)(=O)=O)cc4C)c3)c(I)cc21. The highest BCUT2D eigenvalue weighted by Crippen LogP contribution is 2.43. The molecule has 0 aromatic heterocycles. The number of ether oxygens (including phenoxy) is 4. The summed E-state index contributed by atoms with van der Waals surface area (Å²) >= 11 is 2.29. The molecule has 11 heteroatoms. The summed E-state index contributed by atoms with van der Waals surface area (Å²) in [4.78, 5) is 12.0. The molecule has 2 atom stereocenters. The highest BCUT2D eigenvalue weighted by molar-refractivity contribution is 14.1. The van der Waals surface area contributed by atoms with Crippen molar-refractivity contribution < 1.29 is 36.6 Å². The third kappa shape index (κ3) is 9.76. The molecule has 3 aromatic rings. The van der Waals surface area contributed by atoms with Gasteiger partial charge in [-0.2, -0.15) is 0 Å². The average Bonchev–Trinajstić information content (AvgIpc) is 3.36. The van der Waals surface area contributed by atoms with Gasteiger partial charge in [0.15, 0.2) is 8.32 Å². The van der Waals surface area contributed by atoms with E-state index in [0.29, 0.717) is 32.0 Å². The van der Waals surface area contributed by atoms with Gasteiger partial charge in [0, 0.05) is 23.8 Å². The third-order valence-electron chi connectivity index (χ3n) is 9.24. The molecule has 3 aromatic carbocycles.